The number of aromatic amines is 1. The van der Waals surface area contributed by atoms with Gasteiger partial charge >= 0.3 is 5.97 Å². The zero-order valence-corrected chi connectivity index (χ0v) is 8.14. The number of carboxylic acid groups (broad SMARTS) is 1. The van der Waals surface area contributed by atoms with Crippen LogP contribution in [0.15, 0.2) is 15.5 Å². The number of carboxylic acids is 1. The predicted octanol–water partition coefficient (Wildman–Crippen LogP) is 1.77. The first-order chi connectivity index (χ1) is 6.45. The van der Waals surface area contributed by atoms with Crippen LogP contribution >= 0.6 is 15.9 Å². The second-order valence-electron chi connectivity index (χ2n) is 2.36. The SMILES string of the molecule is O=C(O)c1c[nH]c(C(F)F)c(Br)c1=O. The molecule has 14 heavy (non-hydrogen) atoms. The van der Waals surface area contributed by atoms with Crippen LogP contribution in [0.3, 0.4) is 0 Å². The Bertz CT molecular complexity index is 429. The van der Waals surface area contributed by atoms with Gasteiger partial charge in [0.05, 0.1) is 4.47 Å². The van der Waals surface area contributed by atoms with Gasteiger partial charge < -0.3 is 10.1 Å². The van der Waals surface area contributed by atoms with Crippen LogP contribution < -0.4 is 5.43 Å². The third kappa shape index (κ3) is 1.82. The lowest BCUT2D eigenvalue weighted by Gasteiger charge is -2.03. The second kappa shape index (κ2) is 3.87. The van der Waals surface area contributed by atoms with Gasteiger partial charge in [-0.15, -0.1) is 0 Å². The van der Waals surface area contributed by atoms with E-state index >= 15 is 0 Å². The summed E-state index contributed by atoms with van der Waals surface area (Å²) in [5.41, 5.74) is -2.17. The Morgan fingerprint density at radius 3 is 2.57 bits per heavy atom. The van der Waals surface area contributed by atoms with Crippen molar-refractivity contribution < 1.29 is 18.7 Å². The number of rotatable bonds is 2. The topological polar surface area (TPSA) is 70.2 Å². The van der Waals surface area contributed by atoms with E-state index in [0.29, 0.717) is 0 Å². The molecule has 76 valence electrons. The maximum Gasteiger partial charge on any atom is 0.341 e. The molecule has 0 aliphatic heterocycles. The Hall–Kier alpha value is -1.24. The maximum absolute atomic E-state index is 12.2. The first kappa shape index (κ1) is 10.8. The van der Waals surface area contributed by atoms with Gasteiger partial charge in [0.1, 0.15) is 11.3 Å². The summed E-state index contributed by atoms with van der Waals surface area (Å²) in [5.74, 6) is -1.47. The Labute approximate surface area is 84.7 Å². The summed E-state index contributed by atoms with van der Waals surface area (Å²) < 4.78 is 23.9. The van der Waals surface area contributed by atoms with E-state index in [-0.39, 0.29) is 0 Å². The minimum atomic E-state index is -2.86. The zero-order valence-electron chi connectivity index (χ0n) is 6.55. The third-order valence-electron chi connectivity index (χ3n) is 1.50. The first-order valence-corrected chi connectivity index (χ1v) is 4.17. The first-order valence-electron chi connectivity index (χ1n) is 3.37. The summed E-state index contributed by atoms with van der Waals surface area (Å²) in [6, 6.07) is 0. The molecule has 0 saturated carbocycles. The summed E-state index contributed by atoms with van der Waals surface area (Å²) in [6.45, 7) is 0. The Morgan fingerprint density at radius 2 is 2.14 bits per heavy atom. The predicted molar refractivity (Wildman–Crippen MR) is 46.7 cm³/mol. The molecule has 1 rings (SSSR count). The number of nitrogens with one attached hydrogen (secondary N) is 1. The van der Waals surface area contributed by atoms with E-state index in [1.54, 1.807) is 0 Å². The number of halogens is 3. The Morgan fingerprint density at radius 1 is 1.57 bits per heavy atom. The van der Waals surface area contributed by atoms with Crippen LogP contribution in [0.25, 0.3) is 0 Å². The molecule has 0 spiro atoms. The van der Waals surface area contributed by atoms with Gasteiger partial charge in [0.15, 0.2) is 0 Å². The average Bonchev–Trinajstić information content (AvgIpc) is 2.08. The van der Waals surface area contributed by atoms with Crippen molar-refractivity contribution in [1.82, 2.24) is 4.98 Å². The lowest BCUT2D eigenvalue weighted by atomic mass is 10.2. The number of aromatic nitrogens is 1. The van der Waals surface area contributed by atoms with Gasteiger partial charge in [0.2, 0.25) is 5.43 Å². The molecule has 0 unspecified atom stereocenters. The monoisotopic (exact) mass is 267 g/mol. The van der Waals surface area contributed by atoms with Crippen molar-refractivity contribution in [1.29, 1.82) is 0 Å². The third-order valence-corrected chi connectivity index (χ3v) is 2.29. The van der Waals surface area contributed by atoms with E-state index in [1.807, 2.05) is 4.98 Å². The molecular formula is C7H4BrF2NO3. The highest BCUT2D eigenvalue weighted by Crippen LogP contribution is 2.22. The highest BCUT2D eigenvalue weighted by Gasteiger charge is 2.19. The maximum atomic E-state index is 12.2. The van der Waals surface area contributed by atoms with E-state index in [1.165, 1.54) is 0 Å². The summed E-state index contributed by atoms with van der Waals surface area (Å²) in [7, 11) is 0. The number of aromatic carboxylic acids is 1. The molecule has 7 heteroatoms. The summed E-state index contributed by atoms with van der Waals surface area (Å²) in [5, 5.41) is 8.49. The zero-order chi connectivity index (χ0) is 10.9. The molecule has 0 aromatic carbocycles. The van der Waals surface area contributed by atoms with Gasteiger partial charge in [-0.3, -0.25) is 4.79 Å². The van der Waals surface area contributed by atoms with Crippen molar-refractivity contribution in [3.63, 3.8) is 0 Å². The molecule has 4 nitrogen and oxygen atoms in total. The molecule has 0 radical (unpaired) electrons. The van der Waals surface area contributed by atoms with Crippen LogP contribution in [0.1, 0.15) is 22.5 Å². The van der Waals surface area contributed by atoms with Gasteiger partial charge in [-0.1, -0.05) is 0 Å². The minimum absolute atomic E-state index is 0.451. The highest BCUT2D eigenvalue weighted by molar-refractivity contribution is 9.10. The van der Waals surface area contributed by atoms with Crippen molar-refractivity contribution in [3.8, 4) is 0 Å². The van der Waals surface area contributed by atoms with Gasteiger partial charge in [-0.25, -0.2) is 13.6 Å². The lowest BCUT2D eigenvalue weighted by Crippen LogP contribution is -2.17. The van der Waals surface area contributed by atoms with E-state index in [2.05, 4.69) is 15.9 Å². The molecule has 0 amide bonds. The molecule has 0 aliphatic rings. The number of hydrogen-bond acceptors (Lipinski definition) is 2. The highest BCUT2D eigenvalue weighted by atomic mass is 79.9. The standard InChI is InChI=1S/C7H4BrF2NO3/c8-3-4(6(9)10)11-1-2(5(3)12)7(13)14/h1,6H,(H,11,12)(H,13,14). The van der Waals surface area contributed by atoms with Crippen LogP contribution in [0.2, 0.25) is 0 Å². The van der Waals surface area contributed by atoms with Crippen LogP contribution in [0.4, 0.5) is 8.78 Å². The van der Waals surface area contributed by atoms with Gasteiger partial charge in [0, 0.05) is 6.20 Å². The fraction of sp³-hybridized carbons (Fsp3) is 0.143. The molecule has 0 saturated heterocycles. The fourth-order valence-electron chi connectivity index (χ4n) is 0.837. The largest absolute Gasteiger partial charge is 0.477 e. The van der Waals surface area contributed by atoms with E-state index in [0.717, 1.165) is 6.20 Å². The van der Waals surface area contributed by atoms with Gasteiger partial charge in [-0.05, 0) is 15.9 Å². The quantitative estimate of drug-likeness (QED) is 0.858. The van der Waals surface area contributed by atoms with Crippen molar-refractivity contribution in [2.24, 2.45) is 0 Å². The molecular weight excluding hydrogens is 264 g/mol. The summed E-state index contributed by atoms with van der Waals surface area (Å²) in [6.07, 6.45) is -2.11. The minimum Gasteiger partial charge on any atom is -0.477 e. The number of carbonyl (C=O) groups is 1. The van der Waals surface area contributed by atoms with Crippen molar-refractivity contribution >= 4 is 21.9 Å². The van der Waals surface area contributed by atoms with Crippen molar-refractivity contribution in [3.05, 3.63) is 32.2 Å². The molecule has 1 heterocycles. The molecule has 0 atom stereocenters. The van der Waals surface area contributed by atoms with Crippen molar-refractivity contribution in [2.75, 3.05) is 0 Å². The second-order valence-corrected chi connectivity index (χ2v) is 3.16. The molecule has 1 aromatic heterocycles. The lowest BCUT2D eigenvalue weighted by molar-refractivity contribution is 0.0694. The van der Waals surface area contributed by atoms with E-state index in [4.69, 9.17) is 5.11 Å². The number of H-pyrrole nitrogens is 1. The van der Waals surface area contributed by atoms with E-state index in [9.17, 15) is 18.4 Å². The normalized spacial score (nSPS) is 10.6. The molecule has 2 N–H and O–H groups in total. The molecule has 0 bridgehead atoms. The van der Waals surface area contributed by atoms with Crippen LogP contribution in [0, 0.1) is 0 Å². The fourth-order valence-corrected chi connectivity index (χ4v) is 1.34. The molecule has 1 aromatic rings. The summed E-state index contributed by atoms with van der Waals surface area (Å²) in [4.78, 5) is 23.6. The van der Waals surface area contributed by atoms with Crippen LogP contribution in [-0.2, 0) is 0 Å². The Kier molecular flexibility index (Phi) is 3.00. The van der Waals surface area contributed by atoms with Gasteiger partial charge in [0.25, 0.3) is 6.43 Å². The molecule has 0 fully saturated rings. The Balaban J connectivity index is 3.42. The van der Waals surface area contributed by atoms with Crippen LogP contribution in [0.5, 0.6) is 0 Å². The number of hydrogen-bond donors (Lipinski definition) is 2. The number of alkyl halides is 2. The number of pyridine rings is 1. The van der Waals surface area contributed by atoms with Gasteiger partial charge in [-0.2, -0.15) is 0 Å². The summed E-state index contributed by atoms with van der Waals surface area (Å²) >= 11 is 2.61. The van der Waals surface area contributed by atoms with Crippen molar-refractivity contribution in [2.45, 2.75) is 6.43 Å². The average molecular weight is 268 g/mol. The molecule has 0 aliphatic carbocycles. The smallest absolute Gasteiger partial charge is 0.341 e. The van der Waals surface area contributed by atoms with E-state index < -0.39 is 33.6 Å². The van der Waals surface area contributed by atoms with Crippen LogP contribution in [-0.4, -0.2) is 16.1 Å².